The van der Waals surface area contributed by atoms with Crippen LogP contribution >= 0.6 is 27.7 Å². The zero-order valence-electron chi connectivity index (χ0n) is 8.55. The number of benzene rings is 1. The summed E-state index contributed by atoms with van der Waals surface area (Å²) in [5, 5.41) is 0. The molecule has 0 saturated carbocycles. The molecule has 0 aliphatic carbocycles. The van der Waals surface area contributed by atoms with Crippen molar-refractivity contribution in [3.63, 3.8) is 0 Å². The fraction of sp³-hybridized carbons (Fsp3) is 0.0909. The molecular formula is C11H9BrN2OS. The summed E-state index contributed by atoms with van der Waals surface area (Å²) < 4.78 is 6.34. The first-order valence-corrected chi connectivity index (χ1v) is 6.59. The summed E-state index contributed by atoms with van der Waals surface area (Å²) in [6.45, 7) is 0. The number of hydrogen-bond acceptors (Lipinski definition) is 4. The van der Waals surface area contributed by atoms with Crippen molar-refractivity contribution in [1.82, 2.24) is 9.97 Å². The van der Waals surface area contributed by atoms with Crippen LogP contribution in [0, 0.1) is 0 Å². The third-order valence-electron chi connectivity index (χ3n) is 1.91. The summed E-state index contributed by atoms with van der Waals surface area (Å²) >= 11 is 5.02. The van der Waals surface area contributed by atoms with Crippen molar-refractivity contribution in [3.05, 3.63) is 41.3 Å². The van der Waals surface area contributed by atoms with Crippen molar-refractivity contribution in [2.75, 3.05) is 6.26 Å². The van der Waals surface area contributed by atoms with Crippen LogP contribution in [0.1, 0.15) is 0 Å². The van der Waals surface area contributed by atoms with E-state index in [0.717, 1.165) is 10.2 Å². The second-order valence-electron chi connectivity index (χ2n) is 2.95. The van der Waals surface area contributed by atoms with Gasteiger partial charge in [0.1, 0.15) is 12.1 Å². The average Bonchev–Trinajstić information content (AvgIpc) is 2.33. The van der Waals surface area contributed by atoms with Crippen molar-refractivity contribution in [2.24, 2.45) is 0 Å². The van der Waals surface area contributed by atoms with Crippen LogP contribution in [0.5, 0.6) is 11.6 Å². The van der Waals surface area contributed by atoms with Gasteiger partial charge in [0, 0.05) is 11.1 Å². The van der Waals surface area contributed by atoms with E-state index in [-0.39, 0.29) is 0 Å². The topological polar surface area (TPSA) is 35.0 Å². The van der Waals surface area contributed by atoms with Gasteiger partial charge in [0.05, 0.1) is 4.47 Å². The molecule has 16 heavy (non-hydrogen) atoms. The first-order chi connectivity index (χ1) is 7.79. The van der Waals surface area contributed by atoms with Gasteiger partial charge in [0.2, 0.25) is 5.88 Å². The molecule has 0 amide bonds. The molecular weight excluding hydrogens is 288 g/mol. The normalized spacial score (nSPS) is 10.1. The lowest BCUT2D eigenvalue weighted by atomic mass is 10.3. The van der Waals surface area contributed by atoms with Gasteiger partial charge in [-0.25, -0.2) is 9.97 Å². The van der Waals surface area contributed by atoms with Gasteiger partial charge in [-0.3, -0.25) is 0 Å². The van der Waals surface area contributed by atoms with Crippen LogP contribution in [0.3, 0.4) is 0 Å². The molecule has 3 nitrogen and oxygen atoms in total. The molecule has 2 aromatic rings. The molecule has 0 bridgehead atoms. The minimum absolute atomic E-state index is 0.520. The van der Waals surface area contributed by atoms with Gasteiger partial charge in [-0.2, -0.15) is 0 Å². The molecule has 0 aliphatic heterocycles. The van der Waals surface area contributed by atoms with E-state index in [1.165, 1.54) is 11.2 Å². The maximum absolute atomic E-state index is 5.60. The standard InChI is InChI=1S/C11H9BrN2OS/c1-16-9-4-2-8(3-5-9)15-11-10(12)6-13-7-14-11/h2-7H,1H3. The molecule has 0 spiro atoms. The van der Waals surface area contributed by atoms with E-state index in [4.69, 9.17) is 4.74 Å². The third-order valence-corrected chi connectivity index (χ3v) is 3.20. The fourth-order valence-corrected chi connectivity index (χ4v) is 1.84. The van der Waals surface area contributed by atoms with Crippen LogP contribution in [-0.2, 0) is 0 Å². The van der Waals surface area contributed by atoms with E-state index in [1.54, 1.807) is 18.0 Å². The molecule has 0 fully saturated rings. The van der Waals surface area contributed by atoms with E-state index in [0.29, 0.717) is 5.88 Å². The Morgan fingerprint density at radius 3 is 2.62 bits per heavy atom. The molecule has 0 N–H and O–H groups in total. The predicted molar refractivity (Wildman–Crippen MR) is 68.0 cm³/mol. The minimum Gasteiger partial charge on any atom is -0.438 e. The highest BCUT2D eigenvalue weighted by molar-refractivity contribution is 9.10. The van der Waals surface area contributed by atoms with Crippen molar-refractivity contribution < 1.29 is 4.74 Å². The maximum Gasteiger partial charge on any atom is 0.236 e. The van der Waals surface area contributed by atoms with Crippen LogP contribution in [0.2, 0.25) is 0 Å². The van der Waals surface area contributed by atoms with Gasteiger partial charge >= 0.3 is 0 Å². The molecule has 0 unspecified atom stereocenters. The lowest BCUT2D eigenvalue weighted by molar-refractivity contribution is 0.457. The fourth-order valence-electron chi connectivity index (χ4n) is 1.13. The Kier molecular flexibility index (Phi) is 3.79. The SMILES string of the molecule is CSc1ccc(Oc2ncncc2Br)cc1. The Hall–Kier alpha value is -1.07. The highest BCUT2D eigenvalue weighted by Gasteiger charge is 2.03. The highest BCUT2D eigenvalue weighted by Crippen LogP contribution is 2.27. The van der Waals surface area contributed by atoms with Crippen molar-refractivity contribution in [3.8, 4) is 11.6 Å². The monoisotopic (exact) mass is 296 g/mol. The van der Waals surface area contributed by atoms with Gasteiger partial charge in [-0.1, -0.05) is 0 Å². The van der Waals surface area contributed by atoms with E-state index < -0.39 is 0 Å². The van der Waals surface area contributed by atoms with E-state index in [1.807, 2.05) is 30.5 Å². The number of nitrogens with zero attached hydrogens (tertiary/aromatic N) is 2. The van der Waals surface area contributed by atoms with E-state index in [9.17, 15) is 0 Å². The van der Waals surface area contributed by atoms with Crippen molar-refractivity contribution in [1.29, 1.82) is 0 Å². The number of rotatable bonds is 3. The van der Waals surface area contributed by atoms with Crippen molar-refractivity contribution >= 4 is 27.7 Å². The van der Waals surface area contributed by atoms with Crippen LogP contribution in [-0.4, -0.2) is 16.2 Å². The van der Waals surface area contributed by atoms with Gasteiger partial charge in [0.25, 0.3) is 0 Å². The minimum atomic E-state index is 0.520. The smallest absolute Gasteiger partial charge is 0.236 e. The van der Waals surface area contributed by atoms with Gasteiger partial charge in [-0.15, -0.1) is 11.8 Å². The van der Waals surface area contributed by atoms with Crippen LogP contribution < -0.4 is 4.74 Å². The summed E-state index contributed by atoms with van der Waals surface area (Å²) in [7, 11) is 0. The average molecular weight is 297 g/mol. The van der Waals surface area contributed by atoms with Gasteiger partial charge in [-0.05, 0) is 46.5 Å². The number of hydrogen-bond donors (Lipinski definition) is 0. The molecule has 5 heteroatoms. The maximum atomic E-state index is 5.60. The molecule has 1 aromatic heterocycles. The Labute approximate surface area is 106 Å². The first-order valence-electron chi connectivity index (χ1n) is 4.57. The summed E-state index contributed by atoms with van der Waals surface area (Å²) in [6.07, 6.45) is 5.14. The third kappa shape index (κ3) is 2.74. The predicted octanol–water partition coefficient (Wildman–Crippen LogP) is 3.75. The van der Waals surface area contributed by atoms with Gasteiger partial charge < -0.3 is 4.74 Å². The van der Waals surface area contributed by atoms with Gasteiger partial charge in [0.15, 0.2) is 0 Å². The first kappa shape index (κ1) is 11.4. The Morgan fingerprint density at radius 1 is 1.25 bits per heavy atom. The van der Waals surface area contributed by atoms with Crippen LogP contribution in [0.25, 0.3) is 0 Å². The number of halogens is 1. The summed E-state index contributed by atoms with van der Waals surface area (Å²) in [4.78, 5) is 9.11. The molecule has 2 rings (SSSR count). The van der Waals surface area contributed by atoms with Crippen molar-refractivity contribution in [2.45, 2.75) is 4.90 Å². The lowest BCUT2D eigenvalue weighted by Gasteiger charge is -2.05. The molecule has 1 aromatic carbocycles. The quantitative estimate of drug-likeness (QED) is 0.808. The summed E-state index contributed by atoms with van der Waals surface area (Å²) in [6, 6.07) is 7.85. The van der Waals surface area contributed by atoms with E-state index >= 15 is 0 Å². The summed E-state index contributed by atoms with van der Waals surface area (Å²) in [5.41, 5.74) is 0. The largest absolute Gasteiger partial charge is 0.438 e. The Morgan fingerprint density at radius 2 is 2.00 bits per heavy atom. The second-order valence-corrected chi connectivity index (χ2v) is 4.69. The zero-order valence-corrected chi connectivity index (χ0v) is 11.0. The number of thioether (sulfide) groups is 1. The Balaban J connectivity index is 2.18. The zero-order chi connectivity index (χ0) is 11.4. The second kappa shape index (κ2) is 5.32. The van der Waals surface area contributed by atoms with Crippen LogP contribution in [0.15, 0.2) is 46.2 Å². The number of ether oxygens (including phenoxy) is 1. The number of aromatic nitrogens is 2. The molecule has 0 aliphatic rings. The summed E-state index contributed by atoms with van der Waals surface area (Å²) in [5.74, 6) is 1.28. The Bertz CT molecular complexity index is 476. The highest BCUT2D eigenvalue weighted by atomic mass is 79.9. The molecule has 0 radical (unpaired) electrons. The molecule has 0 saturated heterocycles. The molecule has 1 heterocycles. The van der Waals surface area contributed by atoms with Crippen LogP contribution in [0.4, 0.5) is 0 Å². The molecule has 82 valence electrons. The molecule has 0 atom stereocenters. The van der Waals surface area contributed by atoms with E-state index in [2.05, 4.69) is 25.9 Å². The lowest BCUT2D eigenvalue weighted by Crippen LogP contribution is -1.89.